The lowest BCUT2D eigenvalue weighted by Crippen LogP contribution is -2.23. The molecule has 0 unspecified atom stereocenters. The number of thioether (sulfide) groups is 1. The maximum Gasteiger partial charge on any atom is 0.227 e. The molecule has 1 fully saturated rings. The van der Waals surface area contributed by atoms with Gasteiger partial charge in [0.05, 0.1) is 17.6 Å². The van der Waals surface area contributed by atoms with Crippen molar-refractivity contribution in [3.05, 3.63) is 66.4 Å². The largest absolute Gasteiger partial charge is 0.322 e. The zero-order valence-corrected chi connectivity index (χ0v) is 16.5. The molecule has 142 valence electrons. The molecule has 1 aliphatic rings. The number of hydrogen-bond donors (Lipinski definition) is 0. The standard InChI is InChI=1S/C22H21N3O2S/c1-24-19(16-7-3-2-4-8-16)14-23-22(24)28-15-20(26)17-9-5-10-18(13-17)25-12-6-11-21(25)27/h2-5,7-10,13-14H,6,11-12,15H2,1H3. The van der Waals surface area contributed by atoms with Gasteiger partial charge in [0, 0.05) is 31.3 Å². The number of carbonyl (C=O) groups is 2. The van der Waals surface area contributed by atoms with E-state index in [-0.39, 0.29) is 11.7 Å². The number of imidazole rings is 1. The number of ketones is 1. The van der Waals surface area contributed by atoms with Gasteiger partial charge in [-0.1, -0.05) is 54.2 Å². The Morgan fingerprint density at radius 2 is 1.96 bits per heavy atom. The van der Waals surface area contributed by atoms with Crippen LogP contribution < -0.4 is 4.90 Å². The molecule has 1 aromatic heterocycles. The Labute approximate surface area is 168 Å². The number of aromatic nitrogens is 2. The first-order valence-electron chi connectivity index (χ1n) is 9.27. The van der Waals surface area contributed by atoms with Gasteiger partial charge in [-0.2, -0.15) is 0 Å². The predicted molar refractivity (Wildman–Crippen MR) is 112 cm³/mol. The third-order valence-electron chi connectivity index (χ3n) is 4.90. The summed E-state index contributed by atoms with van der Waals surface area (Å²) in [6.45, 7) is 0.723. The fourth-order valence-electron chi connectivity index (χ4n) is 3.39. The van der Waals surface area contributed by atoms with Crippen molar-refractivity contribution < 1.29 is 9.59 Å². The molecule has 1 aliphatic heterocycles. The number of rotatable bonds is 6. The van der Waals surface area contributed by atoms with Crippen molar-refractivity contribution in [1.82, 2.24) is 9.55 Å². The van der Waals surface area contributed by atoms with Gasteiger partial charge in [-0.25, -0.2) is 4.98 Å². The van der Waals surface area contributed by atoms with Crippen LogP contribution in [-0.2, 0) is 11.8 Å². The first-order chi connectivity index (χ1) is 13.6. The Balaban J connectivity index is 1.45. The molecule has 2 aromatic carbocycles. The molecule has 0 radical (unpaired) electrons. The van der Waals surface area contributed by atoms with Crippen LogP contribution in [0.15, 0.2) is 66.0 Å². The Kier molecular flexibility index (Phi) is 5.30. The summed E-state index contributed by atoms with van der Waals surface area (Å²) in [5.41, 5.74) is 3.55. The van der Waals surface area contributed by atoms with E-state index in [0.29, 0.717) is 17.7 Å². The smallest absolute Gasteiger partial charge is 0.227 e. The minimum Gasteiger partial charge on any atom is -0.322 e. The molecule has 28 heavy (non-hydrogen) atoms. The second-order valence-corrected chi connectivity index (χ2v) is 7.70. The van der Waals surface area contributed by atoms with Gasteiger partial charge < -0.3 is 9.47 Å². The summed E-state index contributed by atoms with van der Waals surface area (Å²) in [6, 6.07) is 17.4. The van der Waals surface area contributed by atoms with E-state index in [0.717, 1.165) is 35.1 Å². The number of carbonyl (C=O) groups excluding carboxylic acids is 2. The lowest BCUT2D eigenvalue weighted by atomic mass is 10.1. The topological polar surface area (TPSA) is 55.2 Å². The fourth-order valence-corrected chi connectivity index (χ4v) is 4.23. The lowest BCUT2D eigenvalue weighted by molar-refractivity contribution is -0.117. The molecule has 1 saturated heterocycles. The number of hydrogen-bond acceptors (Lipinski definition) is 4. The Hall–Kier alpha value is -2.86. The summed E-state index contributed by atoms with van der Waals surface area (Å²) < 4.78 is 2.01. The summed E-state index contributed by atoms with van der Waals surface area (Å²) in [5, 5.41) is 0.804. The van der Waals surface area contributed by atoms with Crippen molar-refractivity contribution in [2.75, 3.05) is 17.2 Å². The molecule has 3 aromatic rings. The van der Waals surface area contributed by atoms with E-state index in [1.807, 2.05) is 66.3 Å². The Morgan fingerprint density at radius 3 is 2.71 bits per heavy atom. The maximum absolute atomic E-state index is 12.7. The molecular formula is C22H21N3O2S. The SMILES string of the molecule is Cn1c(-c2ccccc2)cnc1SCC(=O)c1cccc(N2CCCC2=O)c1. The average Bonchev–Trinajstić information content (AvgIpc) is 3.32. The normalized spacial score (nSPS) is 13.9. The first kappa shape index (κ1) is 18.5. The number of Topliss-reactive ketones (excluding diaryl/α,β-unsaturated/α-hetero) is 1. The average molecular weight is 391 g/mol. The van der Waals surface area contributed by atoms with Crippen LogP contribution in [0.25, 0.3) is 11.3 Å². The molecule has 0 spiro atoms. The molecule has 0 bridgehead atoms. The Bertz CT molecular complexity index is 1010. The minimum absolute atomic E-state index is 0.0303. The van der Waals surface area contributed by atoms with Crippen molar-refractivity contribution in [3.8, 4) is 11.3 Å². The molecule has 5 nitrogen and oxygen atoms in total. The van der Waals surface area contributed by atoms with Crippen LogP contribution in [0.5, 0.6) is 0 Å². The number of amides is 1. The molecule has 0 atom stereocenters. The van der Waals surface area contributed by atoms with Crippen molar-refractivity contribution in [2.24, 2.45) is 7.05 Å². The second kappa shape index (κ2) is 8.02. The van der Waals surface area contributed by atoms with Gasteiger partial charge >= 0.3 is 0 Å². The van der Waals surface area contributed by atoms with Crippen LogP contribution >= 0.6 is 11.8 Å². The number of nitrogens with zero attached hydrogens (tertiary/aromatic N) is 3. The van der Waals surface area contributed by atoms with E-state index < -0.39 is 0 Å². The summed E-state index contributed by atoms with van der Waals surface area (Å²) in [6.07, 6.45) is 3.29. The third kappa shape index (κ3) is 3.73. The minimum atomic E-state index is 0.0303. The van der Waals surface area contributed by atoms with E-state index in [4.69, 9.17) is 0 Å². The predicted octanol–water partition coefficient (Wildman–Crippen LogP) is 4.19. The van der Waals surface area contributed by atoms with Gasteiger partial charge in [0.1, 0.15) is 0 Å². The Morgan fingerprint density at radius 1 is 1.14 bits per heavy atom. The van der Waals surface area contributed by atoms with Crippen LogP contribution in [0.1, 0.15) is 23.2 Å². The molecule has 0 aliphatic carbocycles. The quantitative estimate of drug-likeness (QED) is 0.467. The highest BCUT2D eigenvalue weighted by Gasteiger charge is 2.22. The molecule has 6 heteroatoms. The summed E-state index contributed by atoms with van der Waals surface area (Å²) in [7, 11) is 1.96. The van der Waals surface area contributed by atoms with Crippen LogP contribution in [-0.4, -0.2) is 33.5 Å². The maximum atomic E-state index is 12.7. The second-order valence-electron chi connectivity index (χ2n) is 6.76. The highest BCUT2D eigenvalue weighted by Crippen LogP contribution is 2.26. The molecule has 2 heterocycles. The molecule has 4 rings (SSSR count). The number of benzene rings is 2. The number of anilines is 1. The van der Waals surface area contributed by atoms with E-state index in [1.54, 1.807) is 11.0 Å². The van der Waals surface area contributed by atoms with E-state index >= 15 is 0 Å². The van der Waals surface area contributed by atoms with Crippen molar-refractivity contribution in [2.45, 2.75) is 18.0 Å². The lowest BCUT2D eigenvalue weighted by Gasteiger charge is -2.16. The van der Waals surface area contributed by atoms with Crippen molar-refractivity contribution >= 4 is 29.1 Å². The third-order valence-corrected chi connectivity index (χ3v) is 5.94. The summed E-state index contributed by atoms with van der Waals surface area (Å²) in [5.74, 6) is 0.458. The first-order valence-corrected chi connectivity index (χ1v) is 10.3. The monoisotopic (exact) mass is 391 g/mol. The molecule has 1 amide bonds. The van der Waals surface area contributed by atoms with Gasteiger partial charge in [0.15, 0.2) is 10.9 Å². The zero-order valence-electron chi connectivity index (χ0n) is 15.7. The van der Waals surface area contributed by atoms with Gasteiger partial charge in [-0.15, -0.1) is 0 Å². The van der Waals surface area contributed by atoms with E-state index in [2.05, 4.69) is 4.98 Å². The fraction of sp³-hybridized carbons (Fsp3) is 0.227. The highest BCUT2D eigenvalue weighted by molar-refractivity contribution is 7.99. The van der Waals surface area contributed by atoms with Crippen LogP contribution in [0.2, 0.25) is 0 Å². The van der Waals surface area contributed by atoms with Gasteiger partial charge in [0.25, 0.3) is 0 Å². The summed E-state index contributed by atoms with van der Waals surface area (Å²) in [4.78, 5) is 30.9. The molecule has 0 saturated carbocycles. The van der Waals surface area contributed by atoms with Crippen LogP contribution in [0.3, 0.4) is 0 Å². The van der Waals surface area contributed by atoms with E-state index in [1.165, 1.54) is 11.8 Å². The van der Waals surface area contributed by atoms with Gasteiger partial charge in [0.2, 0.25) is 5.91 Å². The molecule has 0 N–H and O–H groups in total. The highest BCUT2D eigenvalue weighted by atomic mass is 32.2. The van der Waals surface area contributed by atoms with E-state index in [9.17, 15) is 9.59 Å². The van der Waals surface area contributed by atoms with Crippen molar-refractivity contribution in [1.29, 1.82) is 0 Å². The van der Waals surface area contributed by atoms with Crippen LogP contribution in [0, 0.1) is 0 Å². The van der Waals surface area contributed by atoms with Gasteiger partial charge in [-0.3, -0.25) is 9.59 Å². The van der Waals surface area contributed by atoms with Crippen molar-refractivity contribution in [3.63, 3.8) is 0 Å². The molecular weight excluding hydrogens is 370 g/mol. The summed E-state index contributed by atoms with van der Waals surface area (Å²) >= 11 is 1.43. The van der Waals surface area contributed by atoms with Crippen LogP contribution in [0.4, 0.5) is 5.69 Å². The van der Waals surface area contributed by atoms with Gasteiger partial charge in [-0.05, 0) is 24.1 Å². The zero-order chi connectivity index (χ0) is 19.5.